The predicted molar refractivity (Wildman–Crippen MR) is 41.6 cm³/mol. The molecule has 0 aromatic heterocycles. The molecule has 1 rings (SSSR count). The van der Waals surface area contributed by atoms with Gasteiger partial charge in [0.1, 0.15) is 0 Å². The van der Waals surface area contributed by atoms with Gasteiger partial charge in [0.15, 0.2) is 0 Å². The van der Waals surface area contributed by atoms with E-state index in [1.54, 1.807) is 18.2 Å². The summed E-state index contributed by atoms with van der Waals surface area (Å²) in [6.07, 6.45) is -1.64. The summed E-state index contributed by atoms with van der Waals surface area (Å²) in [5.41, 5.74) is 0.206. The van der Waals surface area contributed by atoms with E-state index in [9.17, 15) is 10.1 Å². The summed E-state index contributed by atoms with van der Waals surface area (Å²) in [6.45, 7) is 0. The van der Waals surface area contributed by atoms with Gasteiger partial charge in [-0.25, -0.2) is 0 Å². The summed E-state index contributed by atoms with van der Waals surface area (Å²) < 4.78 is 0. The maximum absolute atomic E-state index is 10.4. The molecular formula is C7H8N2O4. The van der Waals surface area contributed by atoms with Crippen molar-refractivity contribution >= 4 is 0 Å². The highest BCUT2D eigenvalue weighted by Crippen LogP contribution is 2.17. The highest BCUT2D eigenvalue weighted by atomic mass is 16.8. The number of hydrogen-bond acceptors (Lipinski definition) is 5. The van der Waals surface area contributed by atoms with Gasteiger partial charge in [0.25, 0.3) is 0 Å². The molecule has 0 aliphatic heterocycles. The lowest BCUT2D eigenvalue weighted by molar-refractivity contribution is -0.616. The quantitative estimate of drug-likeness (QED) is 0.416. The fourth-order valence-corrected chi connectivity index (χ4v) is 0.965. The van der Waals surface area contributed by atoms with Crippen LogP contribution in [-0.4, -0.2) is 20.6 Å². The van der Waals surface area contributed by atoms with Gasteiger partial charge in [-0.1, -0.05) is 30.3 Å². The summed E-state index contributed by atoms with van der Waals surface area (Å²) >= 11 is 0. The first-order valence-electron chi connectivity index (χ1n) is 3.48. The van der Waals surface area contributed by atoms with Gasteiger partial charge >= 0.3 is 6.17 Å². The van der Waals surface area contributed by atoms with Crippen molar-refractivity contribution in [2.24, 2.45) is 0 Å². The Balaban J connectivity index is 2.96. The molecule has 0 aliphatic rings. The average molecular weight is 184 g/mol. The van der Waals surface area contributed by atoms with Crippen molar-refractivity contribution < 1.29 is 15.3 Å². The van der Waals surface area contributed by atoms with Crippen molar-refractivity contribution in [1.82, 2.24) is 5.23 Å². The molecule has 0 radical (unpaired) electrons. The van der Waals surface area contributed by atoms with Gasteiger partial charge in [-0.2, -0.15) is 0 Å². The van der Waals surface area contributed by atoms with Crippen molar-refractivity contribution in [3.8, 4) is 0 Å². The summed E-state index contributed by atoms with van der Waals surface area (Å²) in [5.74, 6) is 0. The molecule has 1 aromatic carbocycles. The Morgan fingerprint density at radius 3 is 2.23 bits per heavy atom. The van der Waals surface area contributed by atoms with Crippen molar-refractivity contribution in [2.45, 2.75) is 6.17 Å². The lowest BCUT2D eigenvalue weighted by Crippen LogP contribution is -2.27. The molecule has 0 spiro atoms. The Hall–Kier alpha value is -1.50. The molecule has 0 amide bonds. The zero-order valence-corrected chi connectivity index (χ0v) is 6.57. The van der Waals surface area contributed by atoms with Gasteiger partial charge in [-0.15, -0.1) is 0 Å². The Bertz CT molecular complexity index is 288. The topological polar surface area (TPSA) is 86.8 Å². The smallest absolute Gasteiger partial charge is 0.284 e. The van der Waals surface area contributed by atoms with E-state index in [0.29, 0.717) is 0 Å². The Kier molecular flexibility index (Phi) is 2.91. The largest absolute Gasteiger partial charge is 0.337 e. The van der Waals surface area contributed by atoms with Crippen molar-refractivity contribution in [2.75, 3.05) is 0 Å². The van der Waals surface area contributed by atoms with E-state index < -0.39 is 16.3 Å². The lowest BCUT2D eigenvalue weighted by Gasteiger charge is -2.12. The predicted octanol–water partition coefficient (Wildman–Crippen LogP) is 1.04. The van der Waals surface area contributed by atoms with E-state index >= 15 is 0 Å². The van der Waals surface area contributed by atoms with Crippen molar-refractivity contribution in [1.29, 1.82) is 0 Å². The second-order valence-corrected chi connectivity index (χ2v) is 2.39. The van der Waals surface area contributed by atoms with E-state index in [1.807, 2.05) is 0 Å². The fraction of sp³-hybridized carbons (Fsp3) is 0.143. The Labute approximate surface area is 73.7 Å². The maximum Gasteiger partial charge on any atom is 0.337 e. The number of nitro groups is 1. The zero-order chi connectivity index (χ0) is 9.84. The zero-order valence-electron chi connectivity index (χ0n) is 6.57. The Morgan fingerprint density at radius 2 is 1.85 bits per heavy atom. The molecule has 6 heteroatoms. The second-order valence-electron chi connectivity index (χ2n) is 2.39. The highest BCUT2D eigenvalue weighted by molar-refractivity contribution is 5.16. The van der Waals surface area contributed by atoms with E-state index in [-0.39, 0.29) is 5.56 Å². The first-order valence-corrected chi connectivity index (χ1v) is 3.48. The van der Waals surface area contributed by atoms with Crippen LogP contribution in [0.4, 0.5) is 0 Å². The number of hydrogen-bond donors (Lipinski definition) is 2. The van der Waals surface area contributed by atoms with Crippen molar-refractivity contribution in [3.63, 3.8) is 0 Å². The molecule has 1 atom stereocenters. The first-order chi connectivity index (χ1) is 6.13. The third kappa shape index (κ3) is 2.22. The molecular weight excluding hydrogens is 176 g/mol. The third-order valence-corrected chi connectivity index (χ3v) is 1.52. The normalized spacial score (nSPS) is 12.8. The summed E-state index contributed by atoms with van der Waals surface area (Å²) in [6, 6.07) is 7.71. The van der Waals surface area contributed by atoms with Gasteiger partial charge in [0.05, 0.1) is 0 Å². The van der Waals surface area contributed by atoms with Crippen LogP contribution >= 0.6 is 0 Å². The molecule has 13 heavy (non-hydrogen) atoms. The van der Waals surface area contributed by atoms with Gasteiger partial charge in [-0.3, -0.25) is 20.5 Å². The number of benzene rings is 1. The van der Waals surface area contributed by atoms with Gasteiger partial charge in [-0.05, 0) is 0 Å². The van der Waals surface area contributed by atoms with Gasteiger partial charge < -0.3 is 0 Å². The van der Waals surface area contributed by atoms with Gasteiger partial charge in [0, 0.05) is 15.7 Å². The first kappa shape index (κ1) is 9.59. The SMILES string of the molecule is O=[N+]([O-])C(c1ccccc1)N(O)O. The van der Waals surface area contributed by atoms with Crippen LogP contribution in [0.3, 0.4) is 0 Å². The van der Waals surface area contributed by atoms with Crippen LogP contribution in [0.15, 0.2) is 30.3 Å². The van der Waals surface area contributed by atoms with Crippen LogP contribution in [-0.2, 0) is 0 Å². The minimum absolute atomic E-state index is 0.206. The number of hydroxylamine groups is 2. The average Bonchev–Trinajstić information content (AvgIpc) is 2.04. The van der Waals surface area contributed by atoms with Crippen LogP contribution in [0.2, 0.25) is 0 Å². The Morgan fingerprint density at radius 1 is 1.31 bits per heavy atom. The molecule has 6 nitrogen and oxygen atoms in total. The van der Waals surface area contributed by atoms with E-state index in [4.69, 9.17) is 10.4 Å². The lowest BCUT2D eigenvalue weighted by atomic mass is 10.2. The molecule has 2 N–H and O–H groups in total. The second kappa shape index (κ2) is 3.94. The number of rotatable bonds is 3. The number of nitrogens with zero attached hydrogens (tertiary/aromatic N) is 2. The molecule has 0 fully saturated rings. The molecule has 0 saturated heterocycles. The highest BCUT2D eigenvalue weighted by Gasteiger charge is 2.28. The van der Waals surface area contributed by atoms with E-state index in [0.717, 1.165) is 0 Å². The van der Waals surface area contributed by atoms with Crippen LogP contribution in [0.25, 0.3) is 0 Å². The molecule has 0 aliphatic carbocycles. The van der Waals surface area contributed by atoms with Gasteiger partial charge in [0.2, 0.25) is 0 Å². The maximum atomic E-state index is 10.4. The van der Waals surface area contributed by atoms with E-state index in [2.05, 4.69) is 0 Å². The van der Waals surface area contributed by atoms with Crippen molar-refractivity contribution in [3.05, 3.63) is 46.0 Å². The van der Waals surface area contributed by atoms with Crippen LogP contribution < -0.4 is 0 Å². The minimum Gasteiger partial charge on any atom is -0.284 e. The van der Waals surface area contributed by atoms with E-state index in [1.165, 1.54) is 12.1 Å². The fourth-order valence-electron chi connectivity index (χ4n) is 0.965. The molecule has 70 valence electrons. The van der Waals surface area contributed by atoms with Crippen LogP contribution in [0.5, 0.6) is 0 Å². The molecule has 1 unspecified atom stereocenters. The van der Waals surface area contributed by atoms with Crippen LogP contribution in [0.1, 0.15) is 11.7 Å². The summed E-state index contributed by atoms with van der Waals surface area (Å²) in [5, 5.41) is 27.1. The standard InChI is InChI=1S/C7H8N2O4/c10-8(11)7(9(12)13)6-4-2-1-3-5-6/h1-5,7,10-11H. The minimum atomic E-state index is -1.64. The molecule has 0 saturated carbocycles. The van der Waals surface area contributed by atoms with Crippen LogP contribution in [0, 0.1) is 10.1 Å². The molecule has 0 bridgehead atoms. The monoisotopic (exact) mass is 184 g/mol. The summed E-state index contributed by atoms with van der Waals surface area (Å²) in [4.78, 5) is 9.59. The summed E-state index contributed by atoms with van der Waals surface area (Å²) in [7, 11) is 0. The molecule has 1 aromatic rings. The third-order valence-electron chi connectivity index (χ3n) is 1.52. The molecule has 0 heterocycles.